The van der Waals surface area contributed by atoms with E-state index in [2.05, 4.69) is 0 Å². The molecule has 17 heavy (non-hydrogen) atoms. The molecule has 0 spiro atoms. The first kappa shape index (κ1) is 13.4. The Morgan fingerprint density at radius 3 is 2.47 bits per heavy atom. The Bertz CT molecular complexity index is 424. The highest BCUT2D eigenvalue weighted by Gasteiger charge is 2.39. The lowest BCUT2D eigenvalue weighted by molar-refractivity contribution is -0.121. The number of hydrogen-bond acceptors (Lipinski definition) is 4. The van der Waals surface area contributed by atoms with Crippen LogP contribution in [0.25, 0.3) is 0 Å². The molecule has 0 saturated heterocycles. The van der Waals surface area contributed by atoms with Crippen molar-refractivity contribution in [1.82, 2.24) is 0 Å². The van der Waals surface area contributed by atoms with E-state index < -0.39 is 18.1 Å². The van der Waals surface area contributed by atoms with Crippen molar-refractivity contribution in [2.24, 2.45) is 0 Å². The third kappa shape index (κ3) is 2.70. The van der Waals surface area contributed by atoms with Gasteiger partial charge < -0.3 is 10.2 Å². The van der Waals surface area contributed by atoms with E-state index >= 15 is 0 Å². The summed E-state index contributed by atoms with van der Waals surface area (Å²) in [4.78, 5) is 11.7. The van der Waals surface area contributed by atoms with Crippen LogP contribution in [0.15, 0.2) is 30.3 Å². The van der Waals surface area contributed by atoms with Gasteiger partial charge in [-0.1, -0.05) is 30.3 Å². The minimum absolute atomic E-state index is 0.0979. The van der Waals surface area contributed by atoms with E-state index in [0.29, 0.717) is 5.56 Å². The van der Waals surface area contributed by atoms with Crippen molar-refractivity contribution < 1.29 is 15.0 Å². The summed E-state index contributed by atoms with van der Waals surface area (Å²) >= 11 is 0. The fourth-order valence-corrected chi connectivity index (χ4v) is 1.79. The number of aliphatic hydroxyl groups excluding tert-OH is 2. The van der Waals surface area contributed by atoms with Gasteiger partial charge in [0.1, 0.15) is 5.41 Å². The summed E-state index contributed by atoms with van der Waals surface area (Å²) in [6.45, 7) is 0.851. The normalized spacial score (nSPS) is 15.6. The lowest BCUT2D eigenvalue weighted by Gasteiger charge is -2.26. The molecule has 0 fully saturated rings. The van der Waals surface area contributed by atoms with Crippen LogP contribution >= 0.6 is 0 Å². The van der Waals surface area contributed by atoms with Crippen molar-refractivity contribution in [3.8, 4) is 6.07 Å². The fraction of sp³-hybridized carbons (Fsp3) is 0.385. The molecular weight excluding hydrogens is 218 g/mol. The van der Waals surface area contributed by atoms with Crippen molar-refractivity contribution in [3.63, 3.8) is 0 Å². The first-order chi connectivity index (χ1) is 8.06. The molecule has 4 nitrogen and oxygen atoms in total. The summed E-state index contributed by atoms with van der Waals surface area (Å²) in [7, 11) is 0. The van der Waals surface area contributed by atoms with Gasteiger partial charge in [-0.2, -0.15) is 5.26 Å². The number of aliphatic hydroxyl groups is 2. The highest BCUT2D eigenvalue weighted by atomic mass is 16.3. The predicted molar refractivity (Wildman–Crippen MR) is 62.1 cm³/mol. The molecule has 0 aliphatic carbocycles. The molecule has 1 rings (SSSR count). The van der Waals surface area contributed by atoms with E-state index in [9.17, 15) is 15.2 Å². The number of Topliss-reactive ketones (excluding diaryl/α,β-unsaturated/α-hetero) is 1. The predicted octanol–water partition coefficient (Wildman–Crippen LogP) is 0.780. The third-order valence-electron chi connectivity index (χ3n) is 2.81. The van der Waals surface area contributed by atoms with Gasteiger partial charge in [0.15, 0.2) is 5.78 Å². The van der Waals surface area contributed by atoms with Crippen molar-refractivity contribution in [1.29, 1.82) is 5.26 Å². The standard InChI is InChI=1S/C13H15NO3/c1-10(16)13(9-14,7-12(17)8-15)11-5-3-2-4-6-11/h2-6,12,15,17H,7-8H2,1H3. The van der Waals surface area contributed by atoms with E-state index in [-0.39, 0.29) is 12.2 Å². The minimum atomic E-state index is -1.39. The van der Waals surface area contributed by atoms with E-state index in [1.54, 1.807) is 30.3 Å². The van der Waals surface area contributed by atoms with Crippen LogP contribution in [0, 0.1) is 11.3 Å². The van der Waals surface area contributed by atoms with Crippen LogP contribution in [0.2, 0.25) is 0 Å². The highest BCUT2D eigenvalue weighted by Crippen LogP contribution is 2.30. The SMILES string of the molecule is CC(=O)C(C#N)(CC(O)CO)c1ccccc1. The monoisotopic (exact) mass is 233 g/mol. The summed E-state index contributed by atoms with van der Waals surface area (Å²) in [6.07, 6.45) is -1.18. The van der Waals surface area contributed by atoms with Gasteiger partial charge in [-0.25, -0.2) is 0 Å². The van der Waals surface area contributed by atoms with Crippen LogP contribution in [-0.2, 0) is 10.2 Å². The average molecular weight is 233 g/mol. The molecule has 0 heterocycles. The number of carbonyl (C=O) groups excluding carboxylic acids is 1. The zero-order valence-electron chi connectivity index (χ0n) is 9.63. The van der Waals surface area contributed by atoms with Crippen LogP contribution < -0.4 is 0 Å². The van der Waals surface area contributed by atoms with E-state index in [1.807, 2.05) is 6.07 Å². The molecule has 0 aliphatic heterocycles. The molecule has 90 valence electrons. The fourth-order valence-electron chi connectivity index (χ4n) is 1.79. The summed E-state index contributed by atoms with van der Waals surface area (Å²) in [5, 5.41) is 27.6. The molecule has 1 aromatic rings. The molecule has 0 aromatic heterocycles. The Hall–Kier alpha value is -1.70. The number of nitrogens with zero attached hydrogens (tertiary/aromatic N) is 1. The highest BCUT2D eigenvalue weighted by molar-refractivity contribution is 5.91. The summed E-state index contributed by atoms with van der Waals surface area (Å²) in [5.41, 5.74) is -0.842. The molecule has 2 unspecified atom stereocenters. The van der Waals surface area contributed by atoms with Gasteiger partial charge in [-0.3, -0.25) is 4.79 Å². The van der Waals surface area contributed by atoms with Crippen molar-refractivity contribution >= 4 is 5.78 Å². The molecule has 2 N–H and O–H groups in total. The van der Waals surface area contributed by atoms with Crippen LogP contribution in [0.4, 0.5) is 0 Å². The van der Waals surface area contributed by atoms with Gasteiger partial charge >= 0.3 is 0 Å². The number of ketones is 1. The molecular formula is C13H15NO3. The third-order valence-corrected chi connectivity index (χ3v) is 2.81. The van der Waals surface area contributed by atoms with E-state index in [4.69, 9.17) is 5.11 Å². The summed E-state index contributed by atoms with van der Waals surface area (Å²) in [6, 6.07) is 10.6. The minimum Gasteiger partial charge on any atom is -0.394 e. The quantitative estimate of drug-likeness (QED) is 0.787. The Balaban J connectivity index is 3.20. The second-order valence-corrected chi connectivity index (χ2v) is 3.98. The smallest absolute Gasteiger partial charge is 0.154 e. The van der Waals surface area contributed by atoms with Crippen LogP contribution in [-0.4, -0.2) is 28.7 Å². The van der Waals surface area contributed by atoms with Crippen molar-refractivity contribution in [2.45, 2.75) is 24.9 Å². The lowest BCUT2D eigenvalue weighted by Crippen LogP contribution is -2.37. The number of rotatable bonds is 5. The Morgan fingerprint density at radius 1 is 1.47 bits per heavy atom. The largest absolute Gasteiger partial charge is 0.394 e. The lowest BCUT2D eigenvalue weighted by atomic mass is 9.74. The molecule has 1 aromatic carbocycles. The van der Waals surface area contributed by atoms with Gasteiger partial charge in [0.25, 0.3) is 0 Å². The number of nitriles is 1. The topological polar surface area (TPSA) is 81.3 Å². The zero-order chi connectivity index (χ0) is 12.9. The first-order valence-electron chi connectivity index (χ1n) is 5.33. The molecule has 0 aliphatic rings. The van der Waals surface area contributed by atoms with Crippen LogP contribution in [0.3, 0.4) is 0 Å². The maximum atomic E-state index is 11.7. The maximum absolute atomic E-state index is 11.7. The van der Waals surface area contributed by atoms with Crippen LogP contribution in [0.1, 0.15) is 18.9 Å². The second kappa shape index (κ2) is 5.58. The first-order valence-corrected chi connectivity index (χ1v) is 5.33. The van der Waals surface area contributed by atoms with Gasteiger partial charge in [0.2, 0.25) is 0 Å². The number of carbonyl (C=O) groups is 1. The molecule has 0 amide bonds. The zero-order valence-corrected chi connectivity index (χ0v) is 9.63. The summed E-state index contributed by atoms with van der Waals surface area (Å²) < 4.78 is 0. The Kier molecular flexibility index (Phi) is 4.38. The molecule has 4 heteroatoms. The van der Waals surface area contributed by atoms with Crippen LogP contribution in [0.5, 0.6) is 0 Å². The number of hydrogen-bond donors (Lipinski definition) is 2. The van der Waals surface area contributed by atoms with Gasteiger partial charge in [0.05, 0.1) is 18.8 Å². The van der Waals surface area contributed by atoms with Crippen molar-refractivity contribution in [2.75, 3.05) is 6.61 Å². The van der Waals surface area contributed by atoms with E-state index in [1.165, 1.54) is 6.92 Å². The Morgan fingerprint density at radius 2 is 2.06 bits per heavy atom. The molecule has 0 radical (unpaired) electrons. The second-order valence-electron chi connectivity index (χ2n) is 3.98. The van der Waals surface area contributed by atoms with Gasteiger partial charge in [0, 0.05) is 6.42 Å². The molecule has 2 atom stereocenters. The maximum Gasteiger partial charge on any atom is 0.154 e. The van der Waals surface area contributed by atoms with E-state index in [0.717, 1.165) is 0 Å². The Labute approximate surface area is 100 Å². The molecule has 0 bridgehead atoms. The van der Waals surface area contributed by atoms with Crippen molar-refractivity contribution in [3.05, 3.63) is 35.9 Å². The van der Waals surface area contributed by atoms with Gasteiger partial charge in [-0.05, 0) is 12.5 Å². The molecule has 0 saturated carbocycles. The van der Waals surface area contributed by atoms with Gasteiger partial charge in [-0.15, -0.1) is 0 Å². The summed E-state index contributed by atoms with van der Waals surface area (Å²) in [5.74, 6) is -0.335. The average Bonchev–Trinajstić information content (AvgIpc) is 2.36. The number of benzene rings is 1.